The van der Waals surface area contributed by atoms with Gasteiger partial charge in [0.15, 0.2) is 5.60 Å². The topological polar surface area (TPSA) is 182 Å². The van der Waals surface area contributed by atoms with Crippen LogP contribution in [0.2, 0.25) is 0 Å². The third kappa shape index (κ3) is 2.98. The molecule has 0 unspecified atom stereocenters. The lowest BCUT2D eigenvalue weighted by atomic mass is 9.50. The maximum Gasteiger partial charge on any atom is 0.255 e. The van der Waals surface area contributed by atoms with Gasteiger partial charge in [-0.15, -0.1) is 0 Å². The first-order chi connectivity index (χ1) is 16.7. The van der Waals surface area contributed by atoms with E-state index in [2.05, 4.69) is 0 Å². The Morgan fingerprint density at radius 1 is 1.14 bits per heavy atom. The molecule has 0 heterocycles. The van der Waals surface area contributed by atoms with Gasteiger partial charge in [-0.05, 0) is 45.5 Å². The first-order valence-electron chi connectivity index (χ1n) is 11.9. The van der Waals surface area contributed by atoms with E-state index in [1.165, 1.54) is 25.1 Å². The van der Waals surface area contributed by atoms with Gasteiger partial charge in [0.25, 0.3) is 5.91 Å². The number of aliphatic hydroxyl groups excluding tert-OH is 2. The zero-order valence-electron chi connectivity index (χ0n) is 20.7. The Morgan fingerprint density at radius 2 is 1.78 bits per heavy atom. The summed E-state index contributed by atoms with van der Waals surface area (Å²) in [4.78, 5) is 41.5. The summed E-state index contributed by atoms with van der Waals surface area (Å²) in [5, 5.41) is 56.5. The Morgan fingerprint density at radius 3 is 2.33 bits per heavy atom. The van der Waals surface area contributed by atoms with Crippen LogP contribution in [-0.2, 0) is 20.0 Å². The molecule has 0 saturated heterocycles. The molecule has 1 amide bonds. The number of benzene rings is 1. The number of carbonyl (C=O) groups is 3. The van der Waals surface area contributed by atoms with Crippen molar-refractivity contribution in [2.45, 2.75) is 56.3 Å². The number of phenols is 1. The van der Waals surface area contributed by atoms with Crippen molar-refractivity contribution in [1.29, 1.82) is 0 Å². The highest BCUT2D eigenvalue weighted by Crippen LogP contribution is 2.59. The van der Waals surface area contributed by atoms with Gasteiger partial charge in [-0.3, -0.25) is 19.3 Å². The van der Waals surface area contributed by atoms with E-state index in [4.69, 9.17) is 5.73 Å². The maximum absolute atomic E-state index is 14.0. The molecule has 10 nitrogen and oxygen atoms in total. The van der Waals surface area contributed by atoms with Crippen LogP contribution in [0.15, 0.2) is 35.1 Å². The normalized spacial score (nSPS) is 34.0. The molecule has 7 N–H and O–H groups in total. The van der Waals surface area contributed by atoms with Crippen molar-refractivity contribution < 1.29 is 39.9 Å². The Hall–Kier alpha value is -3.21. The monoisotopic (exact) mass is 500 g/mol. The average Bonchev–Trinajstić information content (AvgIpc) is 2.79. The van der Waals surface area contributed by atoms with Crippen LogP contribution in [0, 0.1) is 11.8 Å². The number of likely N-dealkylation sites (N-methyl/N-ethyl adjacent to an activating group) is 1. The van der Waals surface area contributed by atoms with Crippen molar-refractivity contribution >= 4 is 23.2 Å². The summed E-state index contributed by atoms with van der Waals surface area (Å²) in [5.74, 6) is -7.90. The second kappa shape index (κ2) is 8.16. The summed E-state index contributed by atoms with van der Waals surface area (Å²) in [6.45, 7) is 3.33. The lowest BCUT2D eigenvalue weighted by molar-refractivity contribution is -0.174. The molecule has 1 aromatic carbocycles. The average molecular weight is 501 g/mol. The predicted molar refractivity (Wildman–Crippen MR) is 129 cm³/mol. The predicted octanol–water partition coefficient (Wildman–Crippen LogP) is 1.19. The number of fused-ring (bicyclic) bond motifs is 3. The quantitative estimate of drug-likeness (QED) is 0.255. The Balaban J connectivity index is 2.08. The van der Waals surface area contributed by atoms with Gasteiger partial charge in [0, 0.05) is 17.4 Å². The van der Waals surface area contributed by atoms with Crippen LogP contribution in [0.1, 0.15) is 50.7 Å². The Kier molecular flexibility index (Phi) is 5.86. The Bertz CT molecular complexity index is 1250. The number of ketones is 2. The molecule has 0 aromatic heterocycles. The third-order valence-electron chi connectivity index (χ3n) is 8.43. The summed E-state index contributed by atoms with van der Waals surface area (Å²) >= 11 is 0. The number of hydrogen-bond donors (Lipinski definition) is 6. The van der Waals surface area contributed by atoms with Gasteiger partial charge < -0.3 is 31.3 Å². The van der Waals surface area contributed by atoms with E-state index >= 15 is 0 Å². The molecule has 0 spiro atoms. The van der Waals surface area contributed by atoms with E-state index < -0.39 is 74.5 Å². The van der Waals surface area contributed by atoms with Crippen LogP contribution in [-0.4, -0.2) is 73.1 Å². The lowest BCUT2D eigenvalue weighted by Crippen LogP contribution is -2.73. The first kappa shape index (κ1) is 25.9. The minimum absolute atomic E-state index is 0.171. The number of phenolic OH excluding ortho intramolecular Hbond substituents is 1. The second-order valence-electron chi connectivity index (χ2n) is 10.4. The smallest absolute Gasteiger partial charge is 0.255 e. The number of amides is 1. The molecule has 194 valence electrons. The van der Waals surface area contributed by atoms with E-state index in [1.807, 2.05) is 6.92 Å². The summed E-state index contributed by atoms with van der Waals surface area (Å²) in [6.07, 6.45) is 1.15. The largest absolute Gasteiger partial charge is 0.509 e. The molecule has 0 radical (unpaired) electrons. The van der Waals surface area contributed by atoms with Gasteiger partial charge in [-0.25, -0.2) is 0 Å². The highest BCUT2D eigenvalue weighted by molar-refractivity contribution is 6.33. The highest BCUT2D eigenvalue weighted by atomic mass is 16.3. The van der Waals surface area contributed by atoms with E-state index in [0.717, 1.165) is 0 Å². The van der Waals surface area contributed by atoms with Crippen molar-refractivity contribution in [3.8, 4) is 5.75 Å². The first-order valence-corrected chi connectivity index (χ1v) is 11.9. The van der Waals surface area contributed by atoms with Crippen molar-refractivity contribution in [3.63, 3.8) is 0 Å². The standard InChI is InChI=1S/C26H32N2O8/c1-5-6-10-25(28(3)4)15-11-13-17(19(30)16-12(24(13,2)35)8-7-9-14(16)29)21(32)26(15,36)22(33)18(20(25)31)23(27)34/h7-9,13,15,29-31,35-36H,5-6,10-11H2,1-4H3,(H2,27,34)/t13-,15-,24+,25-,26-/m0/s1. The fraction of sp³-hybridized carbons (Fsp3) is 0.500. The lowest BCUT2D eigenvalue weighted by Gasteiger charge is -2.58. The van der Waals surface area contributed by atoms with Crippen molar-refractivity contribution in [3.05, 3.63) is 46.2 Å². The van der Waals surface area contributed by atoms with Crippen LogP contribution < -0.4 is 5.73 Å². The number of aromatic hydroxyl groups is 1. The van der Waals surface area contributed by atoms with Gasteiger partial charge in [0.05, 0.1) is 16.7 Å². The van der Waals surface area contributed by atoms with Crippen LogP contribution in [0.5, 0.6) is 5.75 Å². The molecule has 3 aliphatic carbocycles. The van der Waals surface area contributed by atoms with E-state index in [1.54, 1.807) is 19.0 Å². The van der Waals surface area contributed by atoms with Crippen molar-refractivity contribution in [1.82, 2.24) is 4.90 Å². The molecular weight excluding hydrogens is 468 g/mol. The number of aliphatic hydroxyl groups is 4. The molecule has 4 rings (SSSR count). The van der Waals surface area contributed by atoms with Gasteiger partial charge in [0.1, 0.15) is 22.8 Å². The number of hydrogen-bond acceptors (Lipinski definition) is 9. The molecule has 10 heteroatoms. The van der Waals surface area contributed by atoms with Crippen LogP contribution in [0.3, 0.4) is 0 Å². The van der Waals surface area contributed by atoms with E-state index in [-0.39, 0.29) is 24.0 Å². The zero-order valence-corrected chi connectivity index (χ0v) is 20.7. The van der Waals surface area contributed by atoms with Gasteiger partial charge in [-0.2, -0.15) is 0 Å². The van der Waals surface area contributed by atoms with Crippen LogP contribution in [0.25, 0.3) is 5.76 Å². The number of nitrogens with zero attached hydrogens (tertiary/aromatic N) is 1. The number of unbranched alkanes of at least 4 members (excludes halogenated alkanes) is 1. The minimum atomic E-state index is -2.85. The summed E-state index contributed by atoms with van der Waals surface area (Å²) in [7, 11) is 3.20. The SMILES string of the molecule is CCCC[C@@]1(N(C)C)C(O)=C(C(N)=O)C(=O)[C@@]2(O)C(=O)C3=C(O)c4c(O)cccc4[C@@](C)(O)[C@H]3C[C@H]21. The van der Waals surface area contributed by atoms with Gasteiger partial charge >= 0.3 is 0 Å². The summed E-state index contributed by atoms with van der Waals surface area (Å²) in [6, 6.07) is 4.28. The molecule has 0 aliphatic heterocycles. The number of rotatable bonds is 5. The molecular formula is C26H32N2O8. The van der Waals surface area contributed by atoms with Gasteiger partial charge in [-0.1, -0.05) is 31.9 Å². The Labute approximate surface area is 208 Å². The number of nitrogens with two attached hydrogens (primary N) is 1. The molecule has 1 aromatic rings. The number of carbonyl (C=O) groups excluding carboxylic acids is 3. The summed E-state index contributed by atoms with van der Waals surface area (Å²) in [5.41, 5.74) is -2.02. The highest BCUT2D eigenvalue weighted by Gasteiger charge is 2.71. The van der Waals surface area contributed by atoms with Gasteiger partial charge in [0.2, 0.25) is 11.6 Å². The molecule has 36 heavy (non-hydrogen) atoms. The molecule has 5 atom stereocenters. The third-order valence-corrected chi connectivity index (χ3v) is 8.43. The van der Waals surface area contributed by atoms with E-state index in [9.17, 15) is 39.9 Å². The van der Waals surface area contributed by atoms with Crippen LogP contribution >= 0.6 is 0 Å². The number of primary amides is 1. The molecule has 1 saturated carbocycles. The van der Waals surface area contributed by atoms with Crippen LogP contribution in [0.4, 0.5) is 0 Å². The molecule has 3 aliphatic rings. The molecule has 1 fully saturated rings. The van der Waals surface area contributed by atoms with Crippen molar-refractivity contribution in [2.75, 3.05) is 14.1 Å². The fourth-order valence-corrected chi connectivity index (χ4v) is 6.56. The van der Waals surface area contributed by atoms with Crippen molar-refractivity contribution in [2.24, 2.45) is 17.6 Å². The number of Topliss-reactive ketones (excluding diaryl/α,β-unsaturated/α-hetero) is 2. The minimum Gasteiger partial charge on any atom is -0.509 e. The maximum atomic E-state index is 14.0. The fourth-order valence-electron chi connectivity index (χ4n) is 6.56. The zero-order chi connectivity index (χ0) is 27.0. The van der Waals surface area contributed by atoms with E-state index in [0.29, 0.717) is 12.8 Å². The second-order valence-corrected chi connectivity index (χ2v) is 10.4. The summed E-state index contributed by atoms with van der Waals surface area (Å²) < 4.78 is 0. The molecule has 0 bridgehead atoms.